The van der Waals surface area contributed by atoms with Gasteiger partial charge in [0.15, 0.2) is 0 Å². The van der Waals surface area contributed by atoms with E-state index < -0.39 is 0 Å². The Labute approximate surface area is 906 Å². The molecule has 0 saturated carbocycles. The minimum Gasteiger partial charge on any atom is -0.456 e. The van der Waals surface area contributed by atoms with E-state index in [2.05, 4.69) is 264 Å². The van der Waals surface area contributed by atoms with E-state index in [1.807, 2.05) is 64.1 Å². The molecule has 5 aromatic carbocycles. The first kappa shape index (κ1) is 173. The molecule has 1 aromatic heterocycles. The molecule has 0 saturated heterocycles. The predicted octanol–water partition coefficient (Wildman–Crippen LogP) is 31.1. The van der Waals surface area contributed by atoms with Gasteiger partial charge in [-0.3, -0.25) is 0 Å². The molecule has 526 valence electrons. The number of para-hydroxylation sites is 2. The molecule has 1 nitrogen and oxygen atoms in total. The van der Waals surface area contributed by atoms with Gasteiger partial charge in [0.2, 0.25) is 0 Å². The van der Waals surface area contributed by atoms with E-state index in [1.54, 1.807) is 0 Å². The second-order valence-electron chi connectivity index (χ2n) is 20.7. The van der Waals surface area contributed by atoms with Crippen LogP contribution >= 0.6 is 0 Å². The molecule has 0 bridgehead atoms. The standard InChI is InChI=1S/2C15H29.C14H10.C12H8O.5C3H8.2C2H6.7CH4.12Y/c2*1-7-12(3)9-14(5)11-15(6)10-13(4)8-2;1-2-6-12-10-14-8-4-3-7-13(14)9-11(12)5-1;1-3-7-11-9(5-1)10-6-2-4-8-12(10)13-11;5*1-3-2;2*1-2;;;;;;;;;;;;;;;;;;;/h2*7-8,11-15H,9-10H2,1-6H3;1-10H;1-8H;5*3H2,1-2H3;2*1-2H3;7*1H4;;;;;;;;;;;;/q2*-3;;;;;;;;;;;;;;;;;;;;;;;;;;;2*+3/t2*12-,13?,14-,15+;;;;;;;;;;;;;;;;;;;;;;;;;;;;/m00............................/s1. The summed E-state index contributed by atoms with van der Waals surface area (Å²) in [6.45, 7) is 56.5. The van der Waals surface area contributed by atoms with E-state index in [0.717, 1.165) is 58.5 Å². The zero-order chi connectivity index (χ0) is 59.3. The number of rotatable bonds is 16. The number of fused-ring (bicyclic) bond motifs is 5. The molecule has 0 aliphatic carbocycles. The maximum atomic E-state index is 5.65. The molecule has 8 atom stereocenters. The number of furan rings is 1. The van der Waals surface area contributed by atoms with Gasteiger partial charge in [0.25, 0.3) is 0 Å². The van der Waals surface area contributed by atoms with Crippen LogP contribution in [0.3, 0.4) is 0 Å². The van der Waals surface area contributed by atoms with E-state index in [9.17, 15) is 0 Å². The molecule has 1 heterocycles. The molecule has 0 amide bonds. The summed E-state index contributed by atoms with van der Waals surface area (Å²) in [6.07, 6.45) is 25.7. The number of hydrogen-bond acceptors (Lipinski definition) is 1. The second-order valence-corrected chi connectivity index (χ2v) is 20.7. The Bertz CT molecular complexity index is 1850. The van der Waals surface area contributed by atoms with Crippen molar-refractivity contribution in [2.24, 2.45) is 47.3 Å². The van der Waals surface area contributed by atoms with Crippen LogP contribution in [-0.2, 0) is 393 Å². The molecular formula is C82H156OY12. The van der Waals surface area contributed by atoms with Crippen molar-refractivity contribution in [3.63, 3.8) is 0 Å². The summed E-state index contributed by atoms with van der Waals surface area (Å²) < 4.78 is 5.65. The van der Waals surface area contributed by atoms with Crippen LogP contribution < -0.4 is 0 Å². The molecule has 95 heavy (non-hydrogen) atoms. The molecule has 6 rings (SSSR count). The van der Waals surface area contributed by atoms with Crippen LogP contribution in [0.15, 0.2) is 114 Å². The zero-order valence-electron chi connectivity index (χ0n) is 62.2. The van der Waals surface area contributed by atoms with E-state index in [0.29, 0.717) is 0 Å². The van der Waals surface area contributed by atoms with Gasteiger partial charge in [-0.15, -0.1) is 25.7 Å². The topological polar surface area (TPSA) is 13.1 Å². The van der Waals surface area contributed by atoms with Crippen molar-refractivity contribution < 1.29 is 397 Å². The summed E-state index contributed by atoms with van der Waals surface area (Å²) in [6, 6.07) is 37.6. The van der Waals surface area contributed by atoms with Crippen LogP contribution in [0.2, 0.25) is 0 Å². The van der Waals surface area contributed by atoms with Crippen LogP contribution in [0.5, 0.6) is 0 Å². The Morgan fingerprint density at radius 3 is 0.579 bits per heavy atom. The zero-order valence-corrected chi connectivity index (χ0v) is 96.2. The summed E-state index contributed by atoms with van der Waals surface area (Å²) in [4.78, 5) is 0. The molecule has 2 unspecified atom stereocenters. The molecule has 0 aliphatic heterocycles. The van der Waals surface area contributed by atoms with Crippen molar-refractivity contribution in [2.45, 2.75) is 290 Å². The van der Waals surface area contributed by atoms with Gasteiger partial charge in [-0.25, -0.2) is 0 Å². The minimum absolute atomic E-state index is 0. The van der Waals surface area contributed by atoms with Crippen LogP contribution in [0.4, 0.5) is 0 Å². The largest absolute Gasteiger partial charge is 3.00 e. The molecule has 0 spiro atoms. The summed E-state index contributed by atoms with van der Waals surface area (Å²) in [5.41, 5.74) is 1.92. The fraction of sp³-hybridized carbons (Fsp3) is 0.610. The van der Waals surface area contributed by atoms with Crippen LogP contribution in [-0.4, -0.2) is 0 Å². The molecule has 13 heteroatoms. The minimum atomic E-state index is 0. The molecule has 0 N–H and O–H groups in total. The van der Waals surface area contributed by atoms with Crippen LogP contribution in [0, 0.1) is 85.9 Å². The maximum Gasteiger partial charge on any atom is 3.00 e. The molecular weight excluding hydrogens is 2070 g/mol. The van der Waals surface area contributed by atoms with Crippen molar-refractivity contribution in [3.05, 3.63) is 148 Å². The van der Waals surface area contributed by atoms with E-state index in [-0.39, 0.29) is 444 Å². The van der Waals surface area contributed by atoms with Crippen LogP contribution in [0.1, 0.15) is 290 Å². The van der Waals surface area contributed by atoms with E-state index in [1.165, 1.54) is 90.1 Å². The van der Waals surface area contributed by atoms with E-state index >= 15 is 0 Å². The van der Waals surface area contributed by atoms with Gasteiger partial charge >= 0.3 is 65.4 Å². The summed E-state index contributed by atoms with van der Waals surface area (Å²) in [7, 11) is 0. The molecule has 10 radical (unpaired) electrons. The Morgan fingerprint density at radius 2 is 0.421 bits per heavy atom. The predicted molar refractivity (Wildman–Crippen MR) is 405 cm³/mol. The Kier molecular flexibility index (Phi) is 237. The van der Waals surface area contributed by atoms with Crippen molar-refractivity contribution in [1.82, 2.24) is 0 Å². The summed E-state index contributed by atoms with van der Waals surface area (Å²) >= 11 is 0. The SMILES string of the molecule is C.C.C.C.C.C.C.CC.CC.CCC.CCC.CCC.CCC.CCC.C[CH-]C(C)C[C@@H](C)[CH-][C@@H](C)C[C@@H](C)[CH-]C.C[CH-]C(C)C[C@@H](C)[CH-][C@@H](C)C[C@@H](C)[CH-]C.[Y+3].[Y+3].[Y].[Y].[Y].[Y].[Y].[Y].[Y].[Y].[Y].[Y].c1ccc2c(c1)oc1ccccc12.c1ccc2cc3ccccc3cc2c1. The van der Waals surface area contributed by atoms with Gasteiger partial charge in [0, 0.05) is 338 Å². The maximum absolute atomic E-state index is 5.65. The van der Waals surface area contributed by atoms with Crippen molar-refractivity contribution in [2.75, 3.05) is 0 Å². The van der Waals surface area contributed by atoms with Gasteiger partial charge in [-0.2, -0.15) is 75.0 Å². The van der Waals surface area contributed by atoms with Crippen LogP contribution in [0.25, 0.3) is 43.5 Å². The third kappa shape index (κ3) is 104. The summed E-state index contributed by atoms with van der Waals surface area (Å²) in [5.74, 6) is 5.98. The third-order valence-electron chi connectivity index (χ3n) is 11.5. The van der Waals surface area contributed by atoms with Gasteiger partial charge in [-0.05, 0) is 45.8 Å². The monoisotopic (exact) mass is 2220 g/mol. The quantitative estimate of drug-likeness (QED) is 0.0695. The van der Waals surface area contributed by atoms with Gasteiger partial charge in [0.1, 0.15) is 11.2 Å². The van der Waals surface area contributed by atoms with Gasteiger partial charge in [0.05, 0.1) is 0 Å². The van der Waals surface area contributed by atoms with Gasteiger partial charge in [-0.1, -0.05) is 321 Å². The first-order valence-electron chi connectivity index (χ1n) is 31.1. The van der Waals surface area contributed by atoms with Crippen molar-refractivity contribution in [3.8, 4) is 0 Å². The first-order valence-corrected chi connectivity index (χ1v) is 31.1. The number of benzene rings is 5. The third-order valence-corrected chi connectivity index (χ3v) is 11.5. The average Bonchev–Trinajstić information content (AvgIpc) is 3.81. The Morgan fingerprint density at radius 1 is 0.274 bits per heavy atom. The van der Waals surface area contributed by atoms with E-state index in [4.69, 9.17) is 4.42 Å². The number of hydrogen-bond donors (Lipinski definition) is 0. The molecule has 0 fully saturated rings. The molecule has 6 aromatic rings. The smallest absolute Gasteiger partial charge is 0.456 e. The molecule has 0 aliphatic rings. The fourth-order valence-electron chi connectivity index (χ4n) is 7.88. The Hall–Kier alpha value is 9.67. The van der Waals surface area contributed by atoms with Crippen molar-refractivity contribution >= 4 is 43.5 Å². The first-order chi connectivity index (χ1) is 36.4. The van der Waals surface area contributed by atoms with Gasteiger partial charge < -0.3 is 42.9 Å². The average molecular weight is 2230 g/mol. The summed E-state index contributed by atoms with van der Waals surface area (Å²) in [5, 5.41) is 7.63. The van der Waals surface area contributed by atoms with Crippen molar-refractivity contribution in [1.29, 1.82) is 0 Å². The normalized spacial score (nSPS) is 10.4. The fourth-order valence-corrected chi connectivity index (χ4v) is 7.88. The Balaban J connectivity index is -0.0000000278. The second kappa shape index (κ2) is 130.